The number of rotatable bonds is 6. The van der Waals surface area contributed by atoms with Gasteiger partial charge in [0.05, 0.1) is 21.3 Å². The van der Waals surface area contributed by atoms with Gasteiger partial charge in [0.1, 0.15) is 23.0 Å². The Morgan fingerprint density at radius 1 is 0.548 bits per heavy atom. The molecule has 0 saturated carbocycles. The van der Waals surface area contributed by atoms with E-state index in [-0.39, 0.29) is 5.75 Å². The van der Waals surface area contributed by atoms with Gasteiger partial charge in [-0.05, 0) is 64.7 Å². The van der Waals surface area contributed by atoms with Crippen LogP contribution in [0.5, 0.6) is 23.0 Å². The van der Waals surface area contributed by atoms with Crippen molar-refractivity contribution in [3.63, 3.8) is 0 Å². The van der Waals surface area contributed by atoms with Crippen molar-refractivity contribution < 1.29 is 19.3 Å². The molecule has 0 aliphatic heterocycles. The summed E-state index contributed by atoms with van der Waals surface area (Å²) in [6.45, 7) is 0. The van der Waals surface area contributed by atoms with Gasteiger partial charge in [-0.3, -0.25) is 0 Å². The van der Waals surface area contributed by atoms with Crippen molar-refractivity contribution >= 4 is 0 Å². The number of phenolic OH excluding ortho intramolecular Hbond substituents is 1. The Morgan fingerprint density at radius 3 is 1.87 bits per heavy atom. The van der Waals surface area contributed by atoms with Gasteiger partial charge in [0.15, 0.2) is 0 Å². The minimum absolute atomic E-state index is 0.233. The first-order chi connectivity index (χ1) is 15.1. The first-order valence-corrected chi connectivity index (χ1v) is 9.94. The number of ether oxygens (including phenoxy) is 3. The molecule has 0 saturated heterocycles. The molecule has 4 nitrogen and oxygen atoms in total. The molecule has 156 valence electrons. The molecule has 4 aromatic carbocycles. The van der Waals surface area contributed by atoms with E-state index in [1.807, 2.05) is 66.7 Å². The molecule has 0 aliphatic carbocycles. The maximum Gasteiger partial charge on any atom is 0.127 e. The normalized spacial score (nSPS) is 10.5. The van der Waals surface area contributed by atoms with Crippen LogP contribution in [0.25, 0.3) is 33.4 Å². The summed E-state index contributed by atoms with van der Waals surface area (Å²) in [5.41, 5.74) is 6.04. The largest absolute Gasteiger partial charge is 0.508 e. The van der Waals surface area contributed by atoms with Crippen LogP contribution in [-0.2, 0) is 0 Å². The minimum atomic E-state index is 0.233. The lowest BCUT2D eigenvalue weighted by Crippen LogP contribution is -1.96. The third-order valence-electron chi connectivity index (χ3n) is 5.30. The molecule has 4 rings (SSSR count). The van der Waals surface area contributed by atoms with Gasteiger partial charge in [-0.25, -0.2) is 0 Å². The van der Waals surface area contributed by atoms with Crippen molar-refractivity contribution in [3.05, 3.63) is 84.9 Å². The third kappa shape index (κ3) is 4.05. The van der Waals surface area contributed by atoms with E-state index in [1.54, 1.807) is 33.5 Å². The highest BCUT2D eigenvalue weighted by molar-refractivity contribution is 5.97. The van der Waals surface area contributed by atoms with Gasteiger partial charge in [0.25, 0.3) is 0 Å². The number of benzene rings is 4. The van der Waals surface area contributed by atoms with Crippen molar-refractivity contribution in [2.75, 3.05) is 21.3 Å². The molecular formula is C27H24O4. The Hall–Kier alpha value is -3.92. The van der Waals surface area contributed by atoms with Crippen LogP contribution in [0.15, 0.2) is 84.9 Å². The predicted octanol–water partition coefficient (Wildman–Crippen LogP) is 6.42. The summed E-state index contributed by atoms with van der Waals surface area (Å²) in [6, 6.07) is 27.2. The third-order valence-corrected chi connectivity index (χ3v) is 5.30. The van der Waals surface area contributed by atoms with Crippen molar-refractivity contribution in [1.29, 1.82) is 0 Å². The molecule has 0 aliphatic rings. The number of aromatic hydroxyl groups is 1. The van der Waals surface area contributed by atoms with Crippen molar-refractivity contribution in [3.8, 4) is 56.4 Å². The summed E-state index contributed by atoms with van der Waals surface area (Å²) in [7, 11) is 4.99. The Morgan fingerprint density at radius 2 is 1.23 bits per heavy atom. The van der Waals surface area contributed by atoms with E-state index in [9.17, 15) is 5.11 Å². The molecule has 0 amide bonds. The van der Waals surface area contributed by atoms with Crippen LogP contribution in [0.3, 0.4) is 0 Å². The lowest BCUT2D eigenvalue weighted by atomic mass is 9.87. The van der Waals surface area contributed by atoms with Crippen LogP contribution in [0.2, 0.25) is 0 Å². The second-order valence-electron chi connectivity index (χ2n) is 7.07. The minimum Gasteiger partial charge on any atom is -0.508 e. The highest BCUT2D eigenvalue weighted by Gasteiger charge is 2.19. The monoisotopic (exact) mass is 412 g/mol. The smallest absolute Gasteiger partial charge is 0.127 e. The van der Waals surface area contributed by atoms with Crippen molar-refractivity contribution in [1.82, 2.24) is 0 Å². The molecule has 4 aromatic rings. The lowest BCUT2D eigenvalue weighted by molar-refractivity contribution is 0.414. The fourth-order valence-corrected chi connectivity index (χ4v) is 3.76. The fourth-order valence-electron chi connectivity index (χ4n) is 3.76. The number of hydrogen-bond donors (Lipinski definition) is 1. The Balaban J connectivity index is 2.05. The van der Waals surface area contributed by atoms with Gasteiger partial charge in [-0.1, -0.05) is 42.5 Å². The zero-order valence-electron chi connectivity index (χ0n) is 17.8. The molecule has 0 aromatic heterocycles. The van der Waals surface area contributed by atoms with E-state index in [1.165, 1.54) is 0 Å². The summed E-state index contributed by atoms with van der Waals surface area (Å²) in [5.74, 6) is 2.56. The second-order valence-corrected chi connectivity index (χ2v) is 7.07. The van der Waals surface area contributed by atoms with E-state index < -0.39 is 0 Å². The summed E-state index contributed by atoms with van der Waals surface area (Å²) in [5, 5.41) is 9.77. The van der Waals surface area contributed by atoms with Gasteiger partial charge in [-0.15, -0.1) is 0 Å². The van der Waals surface area contributed by atoms with E-state index in [2.05, 4.69) is 6.07 Å². The molecule has 0 bridgehead atoms. The first kappa shape index (κ1) is 20.4. The summed E-state index contributed by atoms with van der Waals surface area (Å²) in [4.78, 5) is 0. The number of phenols is 1. The average Bonchev–Trinajstić information content (AvgIpc) is 2.83. The molecule has 1 N–H and O–H groups in total. The lowest BCUT2D eigenvalue weighted by Gasteiger charge is -2.20. The van der Waals surface area contributed by atoms with Crippen molar-refractivity contribution in [2.45, 2.75) is 0 Å². The second kappa shape index (κ2) is 8.84. The van der Waals surface area contributed by atoms with Crippen LogP contribution in [0.4, 0.5) is 0 Å². The summed E-state index contributed by atoms with van der Waals surface area (Å²) in [6.07, 6.45) is 0. The van der Waals surface area contributed by atoms with Gasteiger partial charge in [-0.2, -0.15) is 0 Å². The zero-order valence-corrected chi connectivity index (χ0v) is 17.8. The number of hydrogen-bond acceptors (Lipinski definition) is 4. The van der Waals surface area contributed by atoms with Gasteiger partial charge < -0.3 is 19.3 Å². The SMILES string of the molecule is COc1ccc(-c2c(-c3ccc(O)cc3)ccc(OC)c2-c2cccc(OC)c2)cc1. The van der Waals surface area contributed by atoms with Crippen LogP contribution < -0.4 is 14.2 Å². The van der Waals surface area contributed by atoms with Crippen LogP contribution in [0, 0.1) is 0 Å². The first-order valence-electron chi connectivity index (χ1n) is 9.94. The van der Waals surface area contributed by atoms with E-state index in [0.717, 1.165) is 50.6 Å². The predicted molar refractivity (Wildman–Crippen MR) is 124 cm³/mol. The Kier molecular flexibility index (Phi) is 5.80. The van der Waals surface area contributed by atoms with Gasteiger partial charge in [0, 0.05) is 11.1 Å². The average molecular weight is 412 g/mol. The van der Waals surface area contributed by atoms with Gasteiger partial charge in [0.2, 0.25) is 0 Å². The molecular weight excluding hydrogens is 388 g/mol. The highest BCUT2D eigenvalue weighted by Crippen LogP contribution is 2.46. The molecule has 0 heterocycles. The van der Waals surface area contributed by atoms with Crippen molar-refractivity contribution in [2.24, 2.45) is 0 Å². The molecule has 0 fully saturated rings. The highest BCUT2D eigenvalue weighted by atomic mass is 16.5. The molecule has 0 spiro atoms. The topological polar surface area (TPSA) is 47.9 Å². The molecule has 0 atom stereocenters. The number of methoxy groups -OCH3 is 3. The quantitative estimate of drug-likeness (QED) is 0.397. The maximum absolute atomic E-state index is 9.77. The Labute approximate surface area is 182 Å². The molecule has 0 radical (unpaired) electrons. The van der Waals surface area contributed by atoms with E-state index in [4.69, 9.17) is 14.2 Å². The summed E-state index contributed by atoms with van der Waals surface area (Å²) >= 11 is 0. The maximum atomic E-state index is 9.77. The van der Waals surface area contributed by atoms with Crippen LogP contribution in [0.1, 0.15) is 0 Å². The van der Waals surface area contributed by atoms with E-state index in [0.29, 0.717) is 0 Å². The fraction of sp³-hybridized carbons (Fsp3) is 0.111. The summed E-state index contributed by atoms with van der Waals surface area (Å²) < 4.78 is 16.6. The molecule has 31 heavy (non-hydrogen) atoms. The Bertz CT molecular complexity index is 1180. The standard InChI is InChI=1S/C27H24O4/c1-29-22-13-9-19(10-14-22)26-24(18-7-11-21(28)12-8-18)15-16-25(31-3)27(26)20-5-4-6-23(17-20)30-2/h4-17,28H,1-3H3. The molecule has 4 heteroatoms. The van der Waals surface area contributed by atoms with E-state index >= 15 is 0 Å². The van der Waals surface area contributed by atoms with Gasteiger partial charge >= 0.3 is 0 Å². The zero-order chi connectivity index (χ0) is 21.8. The van der Waals surface area contributed by atoms with Crippen LogP contribution >= 0.6 is 0 Å². The molecule has 0 unspecified atom stereocenters. The van der Waals surface area contributed by atoms with Crippen LogP contribution in [-0.4, -0.2) is 26.4 Å².